The molecular weight excluding hydrogens is 332 g/mol. The first kappa shape index (κ1) is 17.7. The SMILES string of the molecule is CN(C)C(CNC(=O)c1ccccc1S(C)(=O)=O)c1ccsc1. The highest BCUT2D eigenvalue weighted by atomic mass is 32.2. The molecule has 7 heteroatoms. The Morgan fingerprint density at radius 1 is 1.26 bits per heavy atom. The fourth-order valence-corrected chi connectivity index (χ4v) is 3.92. The van der Waals surface area contributed by atoms with Crippen molar-refractivity contribution in [1.29, 1.82) is 0 Å². The number of amides is 1. The summed E-state index contributed by atoms with van der Waals surface area (Å²) >= 11 is 1.60. The standard InChI is InChI=1S/C16H20N2O3S2/c1-18(2)14(12-8-9-22-11-12)10-17-16(19)13-6-4-5-7-15(13)23(3,20)21/h4-9,11,14H,10H2,1-3H3,(H,17,19). The average Bonchev–Trinajstić information content (AvgIpc) is 3.00. The van der Waals surface area contributed by atoms with Gasteiger partial charge in [-0.1, -0.05) is 12.1 Å². The Balaban J connectivity index is 2.17. The van der Waals surface area contributed by atoms with Crippen LogP contribution in [0.1, 0.15) is 22.0 Å². The number of sulfone groups is 1. The van der Waals surface area contributed by atoms with Crippen LogP contribution in [0, 0.1) is 0 Å². The molecule has 0 radical (unpaired) electrons. The summed E-state index contributed by atoms with van der Waals surface area (Å²) in [6.45, 7) is 0.403. The first-order valence-corrected chi connectivity index (χ1v) is 9.90. The third-order valence-electron chi connectivity index (χ3n) is 3.54. The second kappa shape index (κ2) is 7.25. The lowest BCUT2D eigenvalue weighted by Gasteiger charge is -2.24. The van der Waals surface area contributed by atoms with Gasteiger partial charge in [-0.25, -0.2) is 8.42 Å². The number of carbonyl (C=O) groups is 1. The normalized spacial score (nSPS) is 13.0. The van der Waals surface area contributed by atoms with Crippen LogP contribution >= 0.6 is 11.3 Å². The predicted molar refractivity (Wildman–Crippen MR) is 92.6 cm³/mol. The lowest BCUT2D eigenvalue weighted by Crippen LogP contribution is -2.34. The van der Waals surface area contributed by atoms with Crippen molar-refractivity contribution in [3.8, 4) is 0 Å². The number of carbonyl (C=O) groups excluding carboxylic acids is 1. The summed E-state index contributed by atoms with van der Waals surface area (Å²) in [5.41, 5.74) is 1.30. The molecule has 5 nitrogen and oxygen atoms in total. The van der Waals surface area contributed by atoms with E-state index >= 15 is 0 Å². The van der Waals surface area contributed by atoms with Gasteiger partial charge in [0.2, 0.25) is 0 Å². The van der Waals surface area contributed by atoms with Gasteiger partial charge < -0.3 is 10.2 Å². The first-order valence-electron chi connectivity index (χ1n) is 7.06. The molecule has 1 aromatic carbocycles. The molecule has 1 amide bonds. The summed E-state index contributed by atoms with van der Waals surface area (Å²) in [7, 11) is 0.441. The van der Waals surface area contributed by atoms with Crippen LogP contribution in [0.15, 0.2) is 46.0 Å². The van der Waals surface area contributed by atoms with Gasteiger partial charge in [-0.15, -0.1) is 0 Å². The van der Waals surface area contributed by atoms with Crippen LogP contribution in [-0.4, -0.2) is 46.1 Å². The van der Waals surface area contributed by atoms with Crippen molar-refractivity contribution in [3.05, 3.63) is 52.2 Å². The Morgan fingerprint density at radius 3 is 2.52 bits per heavy atom. The van der Waals surface area contributed by atoms with Crippen LogP contribution < -0.4 is 5.32 Å². The summed E-state index contributed by atoms with van der Waals surface area (Å²) in [6, 6.07) is 8.31. The number of nitrogens with one attached hydrogen (secondary N) is 1. The van der Waals surface area contributed by atoms with Crippen molar-refractivity contribution in [2.45, 2.75) is 10.9 Å². The molecule has 1 atom stereocenters. The third kappa shape index (κ3) is 4.40. The molecule has 1 unspecified atom stereocenters. The highest BCUT2D eigenvalue weighted by molar-refractivity contribution is 7.90. The van der Waals surface area contributed by atoms with Gasteiger partial charge in [-0.05, 0) is 48.6 Å². The molecule has 0 aliphatic heterocycles. The maximum absolute atomic E-state index is 12.4. The van der Waals surface area contributed by atoms with Gasteiger partial charge in [0.1, 0.15) is 0 Å². The summed E-state index contributed by atoms with van der Waals surface area (Å²) < 4.78 is 23.6. The van der Waals surface area contributed by atoms with E-state index in [1.165, 1.54) is 12.1 Å². The van der Waals surface area contributed by atoms with E-state index in [1.807, 2.05) is 35.8 Å². The molecule has 0 aliphatic rings. The molecule has 23 heavy (non-hydrogen) atoms. The molecule has 1 aromatic heterocycles. The molecule has 2 rings (SSSR count). The van der Waals surface area contributed by atoms with E-state index in [0.717, 1.165) is 11.8 Å². The fraction of sp³-hybridized carbons (Fsp3) is 0.312. The Bertz CT molecular complexity index is 768. The lowest BCUT2D eigenvalue weighted by molar-refractivity contribution is 0.0938. The number of likely N-dealkylation sites (N-methyl/N-ethyl adjacent to an activating group) is 1. The van der Waals surface area contributed by atoms with Gasteiger partial charge in [0.15, 0.2) is 9.84 Å². The van der Waals surface area contributed by atoms with Crippen LogP contribution in [-0.2, 0) is 9.84 Å². The van der Waals surface area contributed by atoms with Crippen molar-refractivity contribution in [2.24, 2.45) is 0 Å². The fourth-order valence-electron chi connectivity index (χ4n) is 2.33. The monoisotopic (exact) mass is 352 g/mol. The van der Waals surface area contributed by atoms with Gasteiger partial charge in [0.05, 0.1) is 16.5 Å². The highest BCUT2D eigenvalue weighted by Crippen LogP contribution is 2.21. The maximum atomic E-state index is 12.4. The smallest absolute Gasteiger partial charge is 0.252 e. The van der Waals surface area contributed by atoms with Crippen LogP contribution in [0.5, 0.6) is 0 Å². The molecule has 0 saturated heterocycles. The zero-order valence-electron chi connectivity index (χ0n) is 13.3. The molecule has 2 aromatic rings. The minimum Gasteiger partial charge on any atom is -0.350 e. The molecule has 1 heterocycles. The van der Waals surface area contributed by atoms with Gasteiger partial charge in [-0.2, -0.15) is 11.3 Å². The van der Waals surface area contributed by atoms with E-state index in [9.17, 15) is 13.2 Å². The van der Waals surface area contributed by atoms with Crippen molar-refractivity contribution >= 4 is 27.1 Å². The Morgan fingerprint density at radius 2 is 1.96 bits per heavy atom. The zero-order chi connectivity index (χ0) is 17.0. The molecule has 0 spiro atoms. The van der Waals surface area contributed by atoms with E-state index < -0.39 is 9.84 Å². The molecule has 0 saturated carbocycles. The molecule has 124 valence electrons. The minimum absolute atomic E-state index is 0.0376. The number of hydrogen-bond acceptors (Lipinski definition) is 5. The van der Waals surface area contributed by atoms with E-state index in [2.05, 4.69) is 5.32 Å². The second-order valence-electron chi connectivity index (χ2n) is 5.51. The quantitative estimate of drug-likeness (QED) is 0.865. The summed E-state index contributed by atoms with van der Waals surface area (Å²) in [5, 5.41) is 6.88. The van der Waals surface area contributed by atoms with Crippen LogP contribution in [0.4, 0.5) is 0 Å². The van der Waals surface area contributed by atoms with Crippen molar-refractivity contribution in [3.63, 3.8) is 0 Å². The number of benzene rings is 1. The Labute approximate surface area is 140 Å². The lowest BCUT2D eigenvalue weighted by atomic mass is 10.1. The van der Waals surface area contributed by atoms with Gasteiger partial charge >= 0.3 is 0 Å². The Kier molecular flexibility index (Phi) is 5.56. The number of hydrogen-bond donors (Lipinski definition) is 1. The van der Waals surface area contributed by atoms with E-state index in [4.69, 9.17) is 0 Å². The van der Waals surface area contributed by atoms with Gasteiger partial charge in [0, 0.05) is 12.8 Å². The molecular formula is C16H20N2O3S2. The summed E-state index contributed by atoms with van der Waals surface area (Å²) in [5.74, 6) is -0.381. The highest BCUT2D eigenvalue weighted by Gasteiger charge is 2.20. The molecule has 0 aliphatic carbocycles. The van der Waals surface area contributed by atoms with Gasteiger partial charge in [0.25, 0.3) is 5.91 Å². The predicted octanol–water partition coefficient (Wildman–Crippen LogP) is 2.18. The largest absolute Gasteiger partial charge is 0.350 e. The van der Waals surface area contributed by atoms with E-state index in [0.29, 0.717) is 6.54 Å². The number of rotatable bonds is 6. The van der Waals surface area contributed by atoms with Crippen molar-refractivity contribution < 1.29 is 13.2 Å². The van der Waals surface area contributed by atoms with Crippen LogP contribution in [0.25, 0.3) is 0 Å². The summed E-state index contributed by atoms with van der Waals surface area (Å²) in [4.78, 5) is 14.5. The maximum Gasteiger partial charge on any atom is 0.252 e. The Hall–Kier alpha value is -1.70. The topological polar surface area (TPSA) is 66.5 Å². The number of nitrogens with zero attached hydrogens (tertiary/aromatic N) is 1. The molecule has 0 bridgehead atoms. The first-order chi connectivity index (χ1) is 10.8. The zero-order valence-corrected chi connectivity index (χ0v) is 14.9. The summed E-state index contributed by atoms with van der Waals surface area (Å²) in [6.07, 6.45) is 1.10. The molecule has 1 N–H and O–H groups in total. The van der Waals surface area contributed by atoms with E-state index in [-0.39, 0.29) is 22.4 Å². The average molecular weight is 352 g/mol. The van der Waals surface area contributed by atoms with Gasteiger partial charge in [-0.3, -0.25) is 4.79 Å². The van der Waals surface area contributed by atoms with Crippen LogP contribution in [0.3, 0.4) is 0 Å². The second-order valence-corrected chi connectivity index (χ2v) is 8.28. The van der Waals surface area contributed by atoms with Crippen molar-refractivity contribution in [2.75, 3.05) is 26.9 Å². The van der Waals surface area contributed by atoms with Crippen molar-refractivity contribution in [1.82, 2.24) is 10.2 Å². The number of thiophene rings is 1. The molecule has 0 fully saturated rings. The van der Waals surface area contributed by atoms with E-state index in [1.54, 1.807) is 23.5 Å². The minimum atomic E-state index is -3.45. The third-order valence-corrected chi connectivity index (χ3v) is 5.39. The van der Waals surface area contributed by atoms with Crippen LogP contribution in [0.2, 0.25) is 0 Å².